The Labute approximate surface area is 340 Å². The van der Waals surface area contributed by atoms with Gasteiger partial charge in [-0.3, -0.25) is 14.4 Å². The van der Waals surface area contributed by atoms with Gasteiger partial charge in [-0.1, -0.05) is 47.7 Å². The van der Waals surface area contributed by atoms with Crippen molar-refractivity contribution >= 4 is 17.7 Å². The molecule has 5 atom stereocenters. The molecule has 0 spiro atoms. The molecule has 3 saturated heterocycles. The molecule has 8 rings (SSSR count). The molecule has 2 aromatic heterocycles. The highest BCUT2D eigenvalue weighted by atomic mass is 19.4. The van der Waals surface area contributed by atoms with E-state index in [1.807, 2.05) is 35.2 Å². The number of hydrogen-bond acceptors (Lipinski definition) is 9. The molecule has 13 nitrogen and oxygen atoms in total. The lowest BCUT2D eigenvalue weighted by atomic mass is 9.80. The van der Waals surface area contributed by atoms with Gasteiger partial charge >= 0.3 is 6.18 Å². The van der Waals surface area contributed by atoms with Gasteiger partial charge in [0.2, 0.25) is 17.7 Å². The number of nitrogens with zero attached hydrogens (tertiary/aromatic N) is 7. The maximum absolute atomic E-state index is 14.6. The molecule has 6 bridgehead atoms. The SMILES string of the molecule is COC[C@@H]1CCCN1C(=O)C[C@@H]1CCN2C[C@@H]1CCOc1cc(C(F)(F)F)cc(n1)-c1cccc(c1)C(=O)N1C[C@H](OCc3cn(Cc4ccccc4)nn3)C[C@H]1C2=O. The van der Waals surface area contributed by atoms with E-state index in [9.17, 15) is 27.6 Å². The van der Waals surface area contributed by atoms with Gasteiger partial charge in [0.1, 0.15) is 11.7 Å². The van der Waals surface area contributed by atoms with Crippen LogP contribution < -0.4 is 4.74 Å². The monoisotopic (exact) mass is 815 g/mol. The van der Waals surface area contributed by atoms with E-state index in [0.29, 0.717) is 56.9 Å². The third kappa shape index (κ3) is 9.28. The summed E-state index contributed by atoms with van der Waals surface area (Å²) in [4.78, 5) is 52.4. The number of carbonyl (C=O) groups is 3. The van der Waals surface area contributed by atoms with Gasteiger partial charge in [0.15, 0.2) is 0 Å². The molecule has 2 aromatic carbocycles. The highest BCUT2D eigenvalue weighted by Crippen LogP contribution is 2.37. The van der Waals surface area contributed by atoms with Crippen molar-refractivity contribution in [3.63, 3.8) is 0 Å². The molecule has 312 valence electrons. The minimum Gasteiger partial charge on any atom is -0.478 e. The predicted molar refractivity (Wildman–Crippen MR) is 208 cm³/mol. The van der Waals surface area contributed by atoms with Crippen molar-refractivity contribution in [1.29, 1.82) is 0 Å². The first-order chi connectivity index (χ1) is 28.5. The molecule has 0 aliphatic carbocycles. The first-order valence-corrected chi connectivity index (χ1v) is 20.3. The summed E-state index contributed by atoms with van der Waals surface area (Å²) in [5, 5.41) is 8.51. The van der Waals surface area contributed by atoms with Crippen molar-refractivity contribution in [3.05, 3.63) is 95.3 Å². The quantitative estimate of drug-likeness (QED) is 0.216. The van der Waals surface area contributed by atoms with E-state index < -0.39 is 29.8 Å². The number of benzene rings is 2. The Morgan fingerprint density at radius 3 is 2.61 bits per heavy atom. The van der Waals surface area contributed by atoms with Crippen LogP contribution in [0, 0.1) is 11.8 Å². The zero-order chi connectivity index (χ0) is 41.1. The molecule has 6 heterocycles. The van der Waals surface area contributed by atoms with Crippen LogP contribution in [0.4, 0.5) is 13.2 Å². The number of rotatable bonds is 9. The average Bonchev–Trinajstić information content (AvgIpc) is 4.00. The summed E-state index contributed by atoms with van der Waals surface area (Å²) in [6.07, 6.45) is -0.192. The number of carbonyl (C=O) groups excluding carboxylic acids is 3. The maximum atomic E-state index is 14.6. The van der Waals surface area contributed by atoms with Crippen LogP contribution in [0.5, 0.6) is 5.88 Å². The van der Waals surface area contributed by atoms with E-state index in [2.05, 4.69) is 15.3 Å². The molecular formula is C43H48F3N7O6. The predicted octanol–water partition coefficient (Wildman–Crippen LogP) is 5.48. The van der Waals surface area contributed by atoms with Crippen molar-refractivity contribution < 1.29 is 41.8 Å². The Bertz CT molecular complexity index is 2130. The van der Waals surface area contributed by atoms with Crippen molar-refractivity contribution in [2.45, 2.75) is 76.0 Å². The van der Waals surface area contributed by atoms with Crippen LogP contribution in [0.25, 0.3) is 11.3 Å². The highest BCUT2D eigenvalue weighted by molar-refractivity contribution is 5.99. The fourth-order valence-corrected chi connectivity index (χ4v) is 8.97. The minimum atomic E-state index is -4.68. The molecule has 4 aliphatic heterocycles. The molecule has 0 saturated carbocycles. The third-order valence-corrected chi connectivity index (χ3v) is 12.0. The number of fused-ring (bicyclic) bond motifs is 8. The van der Waals surface area contributed by atoms with Gasteiger partial charge in [-0.2, -0.15) is 13.2 Å². The number of likely N-dealkylation sites (tertiary alicyclic amines) is 1. The van der Waals surface area contributed by atoms with Gasteiger partial charge in [-0.25, -0.2) is 9.67 Å². The molecule has 4 aromatic rings. The van der Waals surface area contributed by atoms with Crippen molar-refractivity contribution in [2.75, 3.05) is 46.5 Å². The topological polar surface area (TPSA) is 132 Å². The van der Waals surface area contributed by atoms with Crippen molar-refractivity contribution in [3.8, 4) is 17.1 Å². The first-order valence-electron chi connectivity index (χ1n) is 20.3. The zero-order valence-corrected chi connectivity index (χ0v) is 32.9. The molecule has 3 amide bonds. The van der Waals surface area contributed by atoms with E-state index >= 15 is 0 Å². The fourth-order valence-electron chi connectivity index (χ4n) is 8.97. The number of alkyl halides is 3. The van der Waals surface area contributed by atoms with Gasteiger partial charge in [0, 0.05) is 63.3 Å². The summed E-state index contributed by atoms with van der Waals surface area (Å²) >= 11 is 0. The van der Waals surface area contributed by atoms with E-state index in [0.717, 1.165) is 30.5 Å². The average molecular weight is 816 g/mol. The van der Waals surface area contributed by atoms with Crippen LogP contribution in [0.1, 0.15) is 65.7 Å². The summed E-state index contributed by atoms with van der Waals surface area (Å²) in [6, 6.07) is 17.1. The smallest absolute Gasteiger partial charge is 0.416 e. The Hall–Kier alpha value is -5.35. The first kappa shape index (κ1) is 40.4. The lowest BCUT2D eigenvalue weighted by molar-refractivity contribution is -0.140. The number of aromatic nitrogens is 4. The number of methoxy groups -OCH3 is 1. The second kappa shape index (κ2) is 17.5. The normalized spacial score (nSPS) is 23.7. The standard InChI is InChI=1S/C43H48F3N7O6/c1-57-27-35-11-6-14-52(35)40(54)18-29-12-15-50-23-32(29)13-16-58-39-20-33(43(44,45)46)19-37(47-39)30-9-5-10-31(17-30)41(55)53-25-36(21-38(53)42(50)56)59-26-34-24-51(49-48-34)22-28-7-3-2-4-8-28/h2-5,7-10,17,19-20,24,29,32,35-36,38H,6,11-16,18,21-23,25-27H2,1H3/t29-,32-,35-,36+,38-/m0/s1. The molecule has 0 N–H and O–H groups in total. The zero-order valence-electron chi connectivity index (χ0n) is 32.9. The maximum Gasteiger partial charge on any atom is 0.416 e. The van der Waals surface area contributed by atoms with Crippen LogP contribution in [-0.4, -0.2) is 117 Å². The molecule has 0 radical (unpaired) electrons. The van der Waals surface area contributed by atoms with Gasteiger partial charge < -0.3 is 28.9 Å². The number of pyridine rings is 1. The van der Waals surface area contributed by atoms with Crippen LogP contribution in [0.3, 0.4) is 0 Å². The largest absolute Gasteiger partial charge is 0.478 e. The number of piperidine rings is 1. The summed E-state index contributed by atoms with van der Waals surface area (Å²) in [6.45, 7) is 2.60. The molecular weight excluding hydrogens is 768 g/mol. The number of amides is 3. The van der Waals surface area contributed by atoms with Gasteiger partial charge in [0.05, 0.1) is 56.0 Å². The third-order valence-electron chi connectivity index (χ3n) is 12.0. The van der Waals surface area contributed by atoms with Gasteiger partial charge in [0.25, 0.3) is 5.91 Å². The lowest BCUT2D eigenvalue weighted by Crippen LogP contribution is -2.52. The van der Waals surface area contributed by atoms with E-state index in [4.69, 9.17) is 14.2 Å². The van der Waals surface area contributed by atoms with Crippen molar-refractivity contribution in [1.82, 2.24) is 34.7 Å². The van der Waals surface area contributed by atoms with E-state index in [1.54, 1.807) is 41.1 Å². The number of ether oxygens (including phenoxy) is 3. The van der Waals surface area contributed by atoms with E-state index in [1.165, 1.54) is 11.0 Å². The van der Waals surface area contributed by atoms with Crippen LogP contribution >= 0.6 is 0 Å². The van der Waals surface area contributed by atoms with Gasteiger partial charge in [-0.15, -0.1) is 5.10 Å². The Kier molecular flexibility index (Phi) is 12.0. The highest BCUT2D eigenvalue weighted by Gasteiger charge is 2.45. The molecule has 4 aliphatic rings. The molecule has 16 heteroatoms. The minimum absolute atomic E-state index is 0.00400. The Balaban J connectivity index is 1.07. The molecule has 3 fully saturated rings. The Morgan fingerprint density at radius 1 is 0.966 bits per heavy atom. The molecule has 59 heavy (non-hydrogen) atoms. The van der Waals surface area contributed by atoms with E-state index in [-0.39, 0.29) is 79.4 Å². The van der Waals surface area contributed by atoms with Gasteiger partial charge in [-0.05, 0) is 61.3 Å². The summed E-state index contributed by atoms with van der Waals surface area (Å²) in [5.74, 6) is -1.14. The van der Waals surface area contributed by atoms with Crippen molar-refractivity contribution in [2.24, 2.45) is 11.8 Å². The summed E-state index contributed by atoms with van der Waals surface area (Å²) < 4.78 is 62.0. The number of halogens is 3. The summed E-state index contributed by atoms with van der Waals surface area (Å²) in [7, 11) is 1.62. The second-order valence-corrected chi connectivity index (χ2v) is 16.0. The fraction of sp³-hybridized carbons (Fsp3) is 0.488. The van der Waals surface area contributed by atoms with Crippen LogP contribution in [-0.2, 0) is 38.4 Å². The Morgan fingerprint density at radius 2 is 1.80 bits per heavy atom. The molecule has 0 unspecified atom stereocenters. The number of hydrogen-bond donors (Lipinski definition) is 0. The second-order valence-electron chi connectivity index (χ2n) is 16.0. The van der Waals surface area contributed by atoms with Crippen LogP contribution in [0.2, 0.25) is 0 Å². The van der Waals surface area contributed by atoms with Crippen LogP contribution in [0.15, 0.2) is 72.9 Å². The lowest BCUT2D eigenvalue weighted by Gasteiger charge is -2.41. The summed E-state index contributed by atoms with van der Waals surface area (Å²) in [5.41, 5.74) is 1.23.